The molecular weight excluding hydrogens is 254 g/mol. The van der Waals surface area contributed by atoms with Crippen LogP contribution in [0, 0.1) is 6.92 Å². The summed E-state index contributed by atoms with van der Waals surface area (Å²) in [7, 11) is 1.56. The fourth-order valence-electron chi connectivity index (χ4n) is 1.80. The molecule has 0 atom stereocenters. The first-order chi connectivity index (χ1) is 9.60. The molecule has 2 aromatic rings. The molecule has 0 aromatic heterocycles. The van der Waals surface area contributed by atoms with Gasteiger partial charge in [0, 0.05) is 11.4 Å². The minimum Gasteiger partial charge on any atom is -0.495 e. The van der Waals surface area contributed by atoms with Crippen molar-refractivity contribution < 1.29 is 9.53 Å². The van der Waals surface area contributed by atoms with Crippen LogP contribution in [0.4, 0.5) is 21.9 Å². The molecule has 20 heavy (non-hydrogen) atoms. The Morgan fingerprint density at radius 1 is 1.10 bits per heavy atom. The van der Waals surface area contributed by atoms with Crippen molar-refractivity contribution in [1.82, 2.24) is 0 Å². The lowest BCUT2D eigenvalue weighted by Gasteiger charge is -2.12. The number of carbonyl (C=O) groups is 1. The summed E-state index contributed by atoms with van der Waals surface area (Å²) in [4.78, 5) is 12.0. The van der Waals surface area contributed by atoms with Gasteiger partial charge < -0.3 is 21.1 Å². The van der Waals surface area contributed by atoms with Gasteiger partial charge in [0.2, 0.25) is 0 Å². The van der Waals surface area contributed by atoms with Crippen LogP contribution in [0.2, 0.25) is 0 Å². The average Bonchev–Trinajstić information content (AvgIpc) is 2.43. The predicted molar refractivity (Wildman–Crippen MR) is 81.2 cm³/mol. The van der Waals surface area contributed by atoms with Gasteiger partial charge in [-0.15, -0.1) is 0 Å². The van der Waals surface area contributed by atoms with Crippen molar-refractivity contribution in [2.45, 2.75) is 6.92 Å². The molecule has 2 rings (SSSR count). The Morgan fingerprint density at radius 2 is 1.80 bits per heavy atom. The van der Waals surface area contributed by atoms with Gasteiger partial charge in [-0.1, -0.05) is 18.2 Å². The van der Waals surface area contributed by atoms with Gasteiger partial charge in [0.25, 0.3) is 0 Å². The van der Waals surface area contributed by atoms with E-state index in [0.29, 0.717) is 22.8 Å². The van der Waals surface area contributed by atoms with Gasteiger partial charge in [0.15, 0.2) is 0 Å². The molecule has 0 saturated heterocycles. The number of nitrogens with one attached hydrogen (secondary N) is 2. The van der Waals surface area contributed by atoms with E-state index in [9.17, 15) is 4.79 Å². The SMILES string of the molecule is COc1ccccc1NC(=O)Nc1cc(N)ccc1C. The van der Waals surface area contributed by atoms with Gasteiger partial charge in [-0.2, -0.15) is 0 Å². The van der Waals surface area contributed by atoms with Crippen LogP contribution in [0.25, 0.3) is 0 Å². The topological polar surface area (TPSA) is 76.4 Å². The van der Waals surface area contributed by atoms with Crippen LogP contribution in [0.3, 0.4) is 0 Å². The van der Waals surface area contributed by atoms with Gasteiger partial charge in [-0.25, -0.2) is 4.79 Å². The highest BCUT2D eigenvalue weighted by Gasteiger charge is 2.08. The maximum absolute atomic E-state index is 12.0. The number of urea groups is 1. The highest BCUT2D eigenvalue weighted by Crippen LogP contribution is 2.24. The Morgan fingerprint density at radius 3 is 2.55 bits per heavy atom. The zero-order valence-corrected chi connectivity index (χ0v) is 11.4. The van der Waals surface area contributed by atoms with Crippen molar-refractivity contribution in [2.75, 3.05) is 23.5 Å². The summed E-state index contributed by atoms with van der Waals surface area (Å²) < 4.78 is 5.18. The average molecular weight is 271 g/mol. The molecule has 5 heteroatoms. The predicted octanol–water partition coefficient (Wildman–Crippen LogP) is 3.23. The molecule has 0 saturated carbocycles. The summed E-state index contributed by atoms with van der Waals surface area (Å²) in [5.74, 6) is 0.604. The second-order valence-electron chi connectivity index (χ2n) is 4.35. The number of aryl methyl sites for hydroxylation is 1. The molecule has 2 amide bonds. The lowest BCUT2D eigenvalue weighted by Crippen LogP contribution is -2.20. The summed E-state index contributed by atoms with van der Waals surface area (Å²) in [6.45, 7) is 1.90. The third-order valence-electron chi connectivity index (χ3n) is 2.87. The van der Waals surface area contributed by atoms with Crippen molar-refractivity contribution in [2.24, 2.45) is 0 Å². The second-order valence-corrected chi connectivity index (χ2v) is 4.35. The molecule has 5 nitrogen and oxygen atoms in total. The van der Waals surface area contributed by atoms with E-state index in [1.54, 1.807) is 31.4 Å². The van der Waals surface area contributed by atoms with E-state index in [0.717, 1.165) is 5.56 Å². The first-order valence-corrected chi connectivity index (χ1v) is 6.17. The number of benzene rings is 2. The maximum Gasteiger partial charge on any atom is 0.323 e. The molecule has 0 aliphatic heterocycles. The standard InChI is InChI=1S/C15H17N3O2/c1-10-7-8-11(16)9-13(10)18-15(19)17-12-5-3-4-6-14(12)20-2/h3-9H,16H2,1-2H3,(H2,17,18,19). The third kappa shape index (κ3) is 3.20. The zero-order valence-electron chi connectivity index (χ0n) is 11.4. The number of hydrogen-bond acceptors (Lipinski definition) is 3. The Hall–Kier alpha value is -2.69. The number of amides is 2. The van der Waals surface area contributed by atoms with E-state index >= 15 is 0 Å². The molecule has 0 radical (unpaired) electrons. The normalized spacial score (nSPS) is 9.90. The molecular formula is C15H17N3O2. The van der Waals surface area contributed by atoms with Crippen LogP contribution in [0.15, 0.2) is 42.5 Å². The Bertz CT molecular complexity index is 626. The summed E-state index contributed by atoms with van der Waals surface area (Å²) in [5, 5.41) is 5.51. The number of anilines is 3. The molecule has 0 aliphatic carbocycles. The van der Waals surface area contributed by atoms with E-state index in [1.165, 1.54) is 0 Å². The fraction of sp³-hybridized carbons (Fsp3) is 0.133. The molecule has 0 unspecified atom stereocenters. The quantitative estimate of drug-likeness (QED) is 0.750. The first kappa shape index (κ1) is 13.7. The minimum absolute atomic E-state index is 0.344. The number of nitrogen functional groups attached to an aromatic ring is 1. The Labute approximate surface area is 117 Å². The third-order valence-corrected chi connectivity index (χ3v) is 2.87. The van der Waals surface area contributed by atoms with Crippen molar-refractivity contribution in [3.05, 3.63) is 48.0 Å². The van der Waals surface area contributed by atoms with Crippen molar-refractivity contribution in [3.63, 3.8) is 0 Å². The number of methoxy groups -OCH3 is 1. The number of carbonyl (C=O) groups excluding carboxylic acids is 1. The first-order valence-electron chi connectivity index (χ1n) is 6.17. The molecule has 0 fully saturated rings. The molecule has 0 aliphatic rings. The number of ether oxygens (including phenoxy) is 1. The van der Waals surface area contributed by atoms with E-state index in [4.69, 9.17) is 10.5 Å². The lowest BCUT2D eigenvalue weighted by molar-refractivity contribution is 0.262. The van der Waals surface area contributed by atoms with Gasteiger partial charge in [-0.05, 0) is 36.8 Å². The molecule has 0 spiro atoms. The van der Waals surface area contributed by atoms with Gasteiger partial charge in [0.1, 0.15) is 5.75 Å². The van der Waals surface area contributed by atoms with Crippen LogP contribution in [0.1, 0.15) is 5.56 Å². The molecule has 2 aromatic carbocycles. The lowest BCUT2D eigenvalue weighted by atomic mass is 10.2. The summed E-state index contributed by atoms with van der Waals surface area (Å²) in [6, 6.07) is 12.2. The van der Waals surface area contributed by atoms with E-state index in [-0.39, 0.29) is 6.03 Å². The number of nitrogens with two attached hydrogens (primary N) is 1. The Balaban J connectivity index is 2.11. The van der Waals surface area contributed by atoms with E-state index < -0.39 is 0 Å². The van der Waals surface area contributed by atoms with Crippen molar-refractivity contribution in [3.8, 4) is 5.75 Å². The number of hydrogen-bond donors (Lipinski definition) is 3. The number of rotatable bonds is 3. The van der Waals surface area contributed by atoms with Crippen LogP contribution < -0.4 is 21.1 Å². The highest BCUT2D eigenvalue weighted by atomic mass is 16.5. The van der Waals surface area contributed by atoms with Crippen molar-refractivity contribution in [1.29, 1.82) is 0 Å². The van der Waals surface area contributed by atoms with Crippen LogP contribution in [-0.2, 0) is 0 Å². The van der Waals surface area contributed by atoms with Gasteiger partial charge in [-0.3, -0.25) is 0 Å². The van der Waals surface area contributed by atoms with Crippen LogP contribution >= 0.6 is 0 Å². The summed E-state index contributed by atoms with van der Waals surface area (Å²) in [5.41, 5.74) is 8.53. The Kier molecular flexibility index (Phi) is 4.10. The summed E-state index contributed by atoms with van der Waals surface area (Å²) >= 11 is 0. The van der Waals surface area contributed by atoms with Crippen LogP contribution in [-0.4, -0.2) is 13.1 Å². The smallest absolute Gasteiger partial charge is 0.323 e. The van der Waals surface area contributed by atoms with Gasteiger partial charge >= 0.3 is 6.03 Å². The van der Waals surface area contributed by atoms with Gasteiger partial charge in [0.05, 0.1) is 12.8 Å². The molecule has 4 N–H and O–H groups in total. The van der Waals surface area contributed by atoms with Crippen LogP contribution in [0.5, 0.6) is 5.75 Å². The molecule has 104 valence electrons. The maximum atomic E-state index is 12.0. The zero-order chi connectivity index (χ0) is 14.5. The summed E-state index contributed by atoms with van der Waals surface area (Å²) in [6.07, 6.45) is 0. The molecule has 0 bridgehead atoms. The second kappa shape index (κ2) is 5.97. The largest absolute Gasteiger partial charge is 0.495 e. The van der Waals surface area contributed by atoms with E-state index in [1.807, 2.05) is 25.1 Å². The van der Waals surface area contributed by atoms with Crippen molar-refractivity contribution >= 4 is 23.1 Å². The number of para-hydroxylation sites is 2. The monoisotopic (exact) mass is 271 g/mol. The van der Waals surface area contributed by atoms with E-state index in [2.05, 4.69) is 10.6 Å². The minimum atomic E-state index is -0.344. The molecule has 0 heterocycles. The highest BCUT2D eigenvalue weighted by molar-refractivity contribution is 6.01. The fourth-order valence-corrected chi connectivity index (χ4v) is 1.80.